The summed E-state index contributed by atoms with van der Waals surface area (Å²) in [7, 11) is 0. The molecule has 1 aromatic heterocycles. The van der Waals surface area contributed by atoms with Crippen LogP contribution < -0.4 is 10.6 Å². The van der Waals surface area contributed by atoms with Gasteiger partial charge in [-0.05, 0) is 23.8 Å². The maximum atomic E-state index is 11.6. The number of thiophene rings is 1. The van der Waals surface area contributed by atoms with Crippen LogP contribution in [-0.2, 0) is 4.79 Å². The molecule has 1 heterocycles. The highest BCUT2D eigenvalue weighted by molar-refractivity contribution is 7.12. The van der Waals surface area contributed by atoms with Crippen molar-refractivity contribution >= 4 is 23.2 Å². The van der Waals surface area contributed by atoms with Gasteiger partial charge < -0.3 is 10.6 Å². The van der Waals surface area contributed by atoms with E-state index in [0.29, 0.717) is 30.2 Å². The van der Waals surface area contributed by atoms with E-state index in [0.717, 1.165) is 19.4 Å². The zero-order valence-corrected chi connectivity index (χ0v) is 13.1. The van der Waals surface area contributed by atoms with Crippen molar-refractivity contribution in [3.8, 4) is 0 Å². The van der Waals surface area contributed by atoms with Crippen molar-refractivity contribution in [2.45, 2.75) is 39.5 Å². The van der Waals surface area contributed by atoms with E-state index in [1.54, 1.807) is 6.07 Å². The Morgan fingerprint density at radius 1 is 1.25 bits per heavy atom. The molecule has 2 N–H and O–H groups in total. The Hall–Kier alpha value is -1.36. The predicted molar refractivity (Wildman–Crippen MR) is 83.0 cm³/mol. The SMILES string of the molecule is CCC(CC)CNC(=O)CCCNC(=O)c1cccs1. The summed E-state index contributed by atoms with van der Waals surface area (Å²) in [6.45, 7) is 5.57. The van der Waals surface area contributed by atoms with Crippen molar-refractivity contribution in [2.24, 2.45) is 5.92 Å². The molecule has 0 unspecified atom stereocenters. The summed E-state index contributed by atoms with van der Waals surface area (Å²) in [5.74, 6) is 0.581. The van der Waals surface area contributed by atoms with Crippen molar-refractivity contribution in [1.29, 1.82) is 0 Å². The molecule has 0 atom stereocenters. The molecule has 5 heteroatoms. The van der Waals surface area contributed by atoms with Gasteiger partial charge in [-0.3, -0.25) is 9.59 Å². The van der Waals surface area contributed by atoms with Gasteiger partial charge in [0.2, 0.25) is 5.91 Å². The minimum atomic E-state index is -0.0579. The molecule has 4 nitrogen and oxygen atoms in total. The summed E-state index contributed by atoms with van der Waals surface area (Å²) < 4.78 is 0. The normalized spacial score (nSPS) is 10.6. The summed E-state index contributed by atoms with van der Waals surface area (Å²) >= 11 is 1.42. The second-order valence-electron chi connectivity index (χ2n) is 4.82. The third-order valence-corrected chi connectivity index (χ3v) is 4.22. The highest BCUT2D eigenvalue weighted by Gasteiger charge is 2.08. The first-order valence-corrected chi connectivity index (χ1v) is 8.13. The molecule has 0 saturated carbocycles. The van der Waals surface area contributed by atoms with E-state index in [9.17, 15) is 9.59 Å². The van der Waals surface area contributed by atoms with Crippen LogP contribution >= 0.6 is 11.3 Å². The van der Waals surface area contributed by atoms with Gasteiger partial charge >= 0.3 is 0 Å². The van der Waals surface area contributed by atoms with Gasteiger partial charge in [0.05, 0.1) is 4.88 Å². The summed E-state index contributed by atoms with van der Waals surface area (Å²) in [5.41, 5.74) is 0. The molecule has 0 spiro atoms. The molecule has 0 radical (unpaired) electrons. The fourth-order valence-corrected chi connectivity index (χ4v) is 2.51. The number of rotatable bonds is 9. The quantitative estimate of drug-likeness (QED) is 0.688. The number of nitrogens with one attached hydrogen (secondary N) is 2. The van der Waals surface area contributed by atoms with Gasteiger partial charge in [0.15, 0.2) is 0 Å². The molecule has 1 rings (SSSR count). The minimum Gasteiger partial charge on any atom is -0.356 e. The first kappa shape index (κ1) is 16.7. The summed E-state index contributed by atoms with van der Waals surface area (Å²) in [6, 6.07) is 3.65. The average Bonchev–Trinajstić information content (AvgIpc) is 2.98. The third-order valence-electron chi connectivity index (χ3n) is 3.35. The molecule has 20 heavy (non-hydrogen) atoms. The van der Waals surface area contributed by atoms with Crippen LogP contribution in [0.1, 0.15) is 49.2 Å². The van der Waals surface area contributed by atoms with Gasteiger partial charge in [0, 0.05) is 19.5 Å². The van der Waals surface area contributed by atoms with Crippen LogP contribution in [0, 0.1) is 5.92 Å². The molecule has 0 aromatic carbocycles. The van der Waals surface area contributed by atoms with Crippen molar-refractivity contribution in [2.75, 3.05) is 13.1 Å². The van der Waals surface area contributed by atoms with Gasteiger partial charge in [-0.2, -0.15) is 0 Å². The average molecular weight is 296 g/mol. The van der Waals surface area contributed by atoms with E-state index in [4.69, 9.17) is 0 Å². The van der Waals surface area contributed by atoms with E-state index in [2.05, 4.69) is 24.5 Å². The van der Waals surface area contributed by atoms with E-state index >= 15 is 0 Å². The van der Waals surface area contributed by atoms with Crippen molar-refractivity contribution in [3.05, 3.63) is 22.4 Å². The number of carbonyl (C=O) groups is 2. The number of hydrogen-bond donors (Lipinski definition) is 2. The zero-order chi connectivity index (χ0) is 14.8. The Bertz CT molecular complexity index is 400. The van der Waals surface area contributed by atoms with Crippen LogP contribution in [0.3, 0.4) is 0 Å². The van der Waals surface area contributed by atoms with E-state index in [1.165, 1.54) is 11.3 Å². The van der Waals surface area contributed by atoms with Gasteiger partial charge in [-0.25, -0.2) is 0 Å². The molecule has 0 bridgehead atoms. The zero-order valence-electron chi connectivity index (χ0n) is 12.3. The monoisotopic (exact) mass is 296 g/mol. The lowest BCUT2D eigenvalue weighted by Gasteiger charge is -2.13. The molecular formula is C15H24N2O2S. The lowest BCUT2D eigenvalue weighted by atomic mass is 10.0. The first-order chi connectivity index (χ1) is 9.67. The third kappa shape index (κ3) is 6.19. The summed E-state index contributed by atoms with van der Waals surface area (Å²) in [4.78, 5) is 24.0. The van der Waals surface area contributed by atoms with Gasteiger partial charge in [-0.15, -0.1) is 11.3 Å². The molecular weight excluding hydrogens is 272 g/mol. The molecule has 0 aliphatic carbocycles. The highest BCUT2D eigenvalue weighted by atomic mass is 32.1. The Morgan fingerprint density at radius 3 is 2.60 bits per heavy atom. The molecule has 0 fully saturated rings. The van der Waals surface area contributed by atoms with Crippen LogP contribution in [-0.4, -0.2) is 24.9 Å². The molecule has 112 valence electrons. The van der Waals surface area contributed by atoms with Crippen LogP contribution in [0.15, 0.2) is 17.5 Å². The van der Waals surface area contributed by atoms with Gasteiger partial charge in [0.25, 0.3) is 5.91 Å². The molecule has 0 aliphatic rings. The second-order valence-corrected chi connectivity index (χ2v) is 5.77. The van der Waals surface area contributed by atoms with Crippen LogP contribution in [0.25, 0.3) is 0 Å². The predicted octanol–water partition coefficient (Wildman–Crippen LogP) is 2.81. The Labute approximate surface area is 125 Å². The number of carbonyl (C=O) groups excluding carboxylic acids is 2. The molecule has 2 amide bonds. The highest BCUT2D eigenvalue weighted by Crippen LogP contribution is 2.07. The number of amides is 2. The van der Waals surface area contributed by atoms with E-state index in [1.807, 2.05) is 11.4 Å². The Morgan fingerprint density at radius 2 is 2.00 bits per heavy atom. The van der Waals surface area contributed by atoms with Crippen molar-refractivity contribution in [1.82, 2.24) is 10.6 Å². The maximum Gasteiger partial charge on any atom is 0.261 e. The topological polar surface area (TPSA) is 58.2 Å². The van der Waals surface area contributed by atoms with Crippen molar-refractivity contribution < 1.29 is 9.59 Å². The minimum absolute atomic E-state index is 0.0579. The summed E-state index contributed by atoms with van der Waals surface area (Å²) in [6.07, 6.45) is 3.32. The smallest absolute Gasteiger partial charge is 0.261 e. The Balaban J connectivity index is 2.09. The maximum absolute atomic E-state index is 11.6. The molecule has 1 aromatic rings. The largest absolute Gasteiger partial charge is 0.356 e. The van der Waals surface area contributed by atoms with Gasteiger partial charge in [0.1, 0.15) is 0 Å². The molecule has 0 saturated heterocycles. The fraction of sp³-hybridized carbons (Fsp3) is 0.600. The van der Waals surface area contributed by atoms with Crippen LogP contribution in [0.2, 0.25) is 0 Å². The van der Waals surface area contributed by atoms with E-state index in [-0.39, 0.29) is 11.8 Å². The fourth-order valence-electron chi connectivity index (χ4n) is 1.87. The van der Waals surface area contributed by atoms with Gasteiger partial charge in [-0.1, -0.05) is 32.8 Å². The number of hydrogen-bond acceptors (Lipinski definition) is 3. The second kappa shape index (κ2) is 9.53. The van der Waals surface area contributed by atoms with Crippen LogP contribution in [0.4, 0.5) is 0 Å². The van der Waals surface area contributed by atoms with Crippen LogP contribution in [0.5, 0.6) is 0 Å². The van der Waals surface area contributed by atoms with Crippen molar-refractivity contribution in [3.63, 3.8) is 0 Å². The molecule has 0 aliphatic heterocycles. The Kier molecular flexibility index (Phi) is 7.95. The summed E-state index contributed by atoms with van der Waals surface area (Å²) in [5, 5.41) is 7.65. The lowest BCUT2D eigenvalue weighted by Crippen LogP contribution is -2.30. The standard InChI is InChI=1S/C15H24N2O2S/c1-3-12(4-2)11-17-14(18)8-5-9-16-15(19)13-7-6-10-20-13/h6-7,10,12H,3-5,8-9,11H2,1-2H3,(H,16,19)(H,17,18). The lowest BCUT2D eigenvalue weighted by molar-refractivity contribution is -0.121. The van der Waals surface area contributed by atoms with E-state index < -0.39 is 0 Å². The first-order valence-electron chi connectivity index (χ1n) is 7.25.